The second-order valence-electron chi connectivity index (χ2n) is 7.36. The zero-order chi connectivity index (χ0) is 21.3. The Kier molecular flexibility index (Phi) is 7.75. The van der Waals surface area contributed by atoms with Crippen LogP contribution in [0.1, 0.15) is 22.3 Å². The number of hydrogen-bond donors (Lipinski definition) is 2. The van der Waals surface area contributed by atoms with Gasteiger partial charge in [0.05, 0.1) is 13.2 Å². The maximum atomic E-state index is 12.3. The van der Waals surface area contributed by atoms with Gasteiger partial charge in [0.25, 0.3) is 11.5 Å². The van der Waals surface area contributed by atoms with E-state index in [1.165, 1.54) is 10.6 Å². The lowest BCUT2D eigenvalue weighted by atomic mass is 10.2. The van der Waals surface area contributed by atoms with Crippen molar-refractivity contribution in [3.05, 3.63) is 64.1 Å². The van der Waals surface area contributed by atoms with E-state index in [4.69, 9.17) is 4.74 Å². The summed E-state index contributed by atoms with van der Waals surface area (Å²) in [7, 11) is 0. The molecule has 160 valence electrons. The number of aromatic nitrogens is 1. The number of nitrogens with one attached hydrogen (secondary N) is 2. The average molecular weight is 412 g/mol. The standard InChI is InChI=1S/C22H28N4O4/c1-17-3-8-21(28)26(15-17)16-20(27)24-19-6-4-18(5-7-19)22(29)23-9-2-10-25-11-13-30-14-12-25/h3-8,15H,2,9-14,16H2,1H3,(H,23,29)(H,24,27). The quantitative estimate of drug-likeness (QED) is 0.637. The lowest BCUT2D eigenvalue weighted by Gasteiger charge is -2.26. The fraction of sp³-hybridized carbons (Fsp3) is 0.409. The smallest absolute Gasteiger partial charge is 0.251 e. The van der Waals surface area contributed by atoms with Gasteiger partial charge >= 0.3 is 0 Å². The Morgan fingerprint density at radius 3 is 2.53 bits per heavy atom. The Bertz CT molecular complexity index is 917. The number of carbonyl (C=O) groups excluding carboxylic acids is 2. The molecule has 0 atom stereocenters. The summed E-state index contributed by atoms with van der Waals surface area (Å²) in [6.45, 7) is 6.79. The van der Waals surface area contributed by atoms with Crippen molar-refractivity contribution in [2.24, 2.45) is 0 Å². The van der Waals surface area contributed by atoms with Crippen LogP contribution in [0.2, 0.25) is 0 Å². The Balaban J connectivity index is 1.43. The molecule has 1 saturated heterocycles. The van der Waals surface area contributed by atoms with Crippen LogP contribution < -0.4 is 16.2 Å². The van der Waals surface area contributed by atoms with Crippen molar-refractivity contribution in [1.29, 1.82) is 0 Å². The molecule has 0 spiro atoms. The highest BCUT2D eigenvalue weighted by Crippen LogP contribution is 2.10. The number of morpholine rings is 1. The van der Waals surface area contributed by atoms with Gasteiger partial charge in [-0.05, 0) is 49.7 Å². The zero-order valence-electron chi connectivity index (χ0n) is 17.2. The van der Waals surface area contributed by atoms with Gasteiger partial charge in [-0.25, -0.2) is 0 Å². The summed E-state index contributed by atoms with van der Waals surface area (Å²) in [5, 5.41) is 5.67. The second kappa shape index (κ2) is 10.7. The summed E-state index contributed by atoms with van der Waals surface area (Å²) in [6.07, 6.45) is 2.53. The number of aryl methyl sites for hydroxylation is 1. The van der Waals surface area contributed by atoms with E-state index < -0.39 is 0 Å². The molecule has 30 heavy (non-hydrogen) atoms. The van der Waals surface area contributed by atoms with Crippen LogP contribution in [0.15, 0.2) is 47.4 Å². The molecule has 8 heteroatoms. The van der Waals surface area contributed by atoms with E-state index in [9.17, 15) is 14.4 Å². The van der Waals surface area contributed by atoms with Gasteiger partial charge in [0.15, 0.2) is 0 Å². The van der Waals surface area contributed by atoms with Crippen molar-refractivity contribution in [3.63, 3.8) is 0 Å². The van der Waals surface area contributed by atoms with E-state index in [0.29, 0.717) is 17.8 Å². The summed E-state index contributed by atoms with van der Waals surface area (Å²) in [5.41, 5.74) is 1.79. The molecular weight excluding hydrogens is 384 g/mol. The molecule has 2 amide bonds. The van der Waals surface area contributed by atoms with Crippen molar-refractivity contribution in [1.82, 2.24) is 14.8 Å². The summed E-state index contributed by atoms with van der Waals surface area (Å²) in [4.78, 5) is 38.6. The first kappa shape index (κ1) is 21.7. The third-order valence-corrected chi connectivity index (χ3v) is 4.92. The minimum atomic E-state index is -0.303. The maximum Gasteiger partial charge on any atom is 0.251 e. The van der Waals surface area contributed by atoms with E-state index in [2.05, 4.69) is 15.5 Å². The normalized spacial score (nSPS) is 14.3. The molecule has 0 bridgehead atoms. The molecule has 2 aromatic rings. The number of amides is 2. The third kappa shape index (κ3) is 6.53. The number of pyridine rings is 1. The fourth-order valence-electron chi connectivity index (χ4n) is 3.27. The Morgan fingerprint density at radius 1 is 1.07 bits per heavy atom. The summed E-state index contributed by atoms with van der Waals surface area (Å²) in [6, 6.07) is 9.86. The molecule has 2 N–H and O–H groups in total. The molecule has 3 rings (SSSR count). The topological polar surface area (TPSA) is 92.7 Å². The molecule has 1 fully saturated rings. The molecule has 0 unspecified atom stereocenters. The van der Waals surface area contributed by atoms with Crippen LogP contribution in [0.25, 0.3) is 0 Å². The molecule has 1 aromatic heterocycles. The van der Waals surface area contributed by atoms with E-state index >= 15 is 0 Å². The van der Waals surface area contributed by atoms with E-state index in [1.54, 1.807) is 36.5 Å². The second-order valence-corrected chi connectivity index (χ2v) is 7.36. The Morgan fingerprint density at radius 2 is 1.80 bits per heavy atom. The van der Waals surface area contributed by atoms with Gasteiger partial charge in [0, 0.05) is 43.1 Å². The van der Waals surface area contributed by atoms with E-state index in [-0.39, 0.29) is 23.9 Å². The first-order chi connectivity index (χ1) is 14.5. The van der Waals surface area contributed by atoms with Crippen molar-refractivity contribution in [2.45, 2.75) is 19.9 Å². The van der Waals surface area contributed by atoms with E-state index in [0.717, 1.165) is 44.8 Å². The average Bonchev–Trinajstić information content (AvgIpc) is 2.75. The van der Waals surface area contributed by atoms with Gasteiger partial charge in [-0.15, -0.1) is 0 Å². The molecule has 1 aromatic carbocycles. The predicted molar refractivity (Wildman–Crippen MR) is 115 cm³/mol. The fourth-order valence-corrected chi connectivity index (χ4v) is 3.27. The van der Waals surface area contributed by atoms with Crippen LogP contribution in [-0.2, 0) is 16.1 Å². The van der Waals surface area contributed by atoms with E-state index in [1.807, 2.05) is 6.92 Å². The lowest BCUT2D eigenvalue weighted by molar-refractivity contribution is -0.116. The number of hydrogen-bond acceptors (Lipinski definition) is 5. The first-order valence-electron chi connectivity index (χ1n) is 10.2. The minimum absolute atomic E-state index is 0.0636. The van der Waals surface area contributed by atoms with Crippen LogP contribution in [0.5, 0.6) is 0 Å². The highest BCUT2D eigenvalue weighted by Gasteiger charge is 2.11. The lowest BCUT2D eigenvalue weighted by Crippen LogP contribution is -2.38. The zero-order valence-corrected chi connectivity index (χ0v) is 17.2. The summed E-state index contributed by atoms with van der Waals surface area (Å²) < 4.78 is 6.69. The highest BCUT2D eigenvalue weighted by atomic mass is 16.5. The first-order valence-corrected chi connectivity index (χ1v) is 10.2. The molecule has 0 radical (unpaired) electrons. The molecule has 8 nitrogen and oxygen atoms in total. The Hall–Kier alpha value is -2.97. The molecule has 0 aliphatic carbocycles. The molecule has 0 saturated carbocycles. The summed E-state index contributed by atoms with van der Waals surface area (Å²) >= 11 is 0. The molecule has 1 aliphatic rings. The van der Waals surface area contributed by atoms with Crippen LogP contribution in [0.3, 0.4) is 0 Å². The van der Waals surface area contributed by atoms with Crippen LogP contribution in [-0.4, -0.2) is 60.7 Å². The van der Waals surface area contributed by atoms with Crippen molar-refractivity contribution < 1.29 is 14.3 Å². The number of nitrogens with zero attached hydrogens (tertiary/aromatic N) is 2. The molecule has 2 heterocycles. The number of ether oxygens (including phenoxy) is 1. The SMILES string of the molecule is Cc1ccc(=O)n(CC(=O)Nc2ccc(C(=O)NCCCN3CCOCC3)cc2)c1. The van der Waals surface area contributed by atoms with Gasteiger partial charge in [-0.3, -0.25) is 19.3 Å². The van der Waals surface area contributed by atoms with Crippen molar-refractivity contribution >= 4 is 17.5 Å². The molecule has 1 aliphatic heterocycles. The van der Waals surface area contributed by atoms with Gasteiger partial charge < -0.3 is 19.9 Å². The third-order valence-electron chi connectivity index (χ3n) is 4.92. The van der Waals surface area contributed by atoms with Gasteiger partial charge in [0.1, 0.15) is 6.54 Å². The Labute approximate surface area is 175 Å². The largest absolute Gasteiger partial charge is 0.379 e. The van der Waals surface area contributed by atoms with Gasteiger partial charge in [-0.2, -0.15) is 0 Å². The van der Waals surface area contributed by atoms with Gasteiger partial charge in [0.2, 0.25) is 5.91 Å². The predicted octanol–water partition coefficient (Wildman–Crippen LogP) is 1.25. The number of rotatable bonds is 8. The monoisotopic (exact) mass is 412 g/mol. The van der Waals surface area contributed by atoms with Gasteiger partial charge in [-0.1, -0.05) is 6.07 Å². The number of carbonyl (C=O) groups is 2. The molecular formula is C22H28N4O4. The minimum Gasteiger partial charge on any atom is -0.379 e. The number of benzene rings is 1. The summed E-state index contributed by atoms with van der Waals surface area (Å²) in [5.74, 6) is -0.441. The van der Waals surface area contributed by atoms with Crippen LogP contribution in [0, 0.1) is 6.92 Å². The van der Waals surface area contributed by atoms with Crippen molar-refractivity contribution in [2.75, 3.05) is 44.7 Å². The van der Waals surface area contributed by atoms with Crippen molar-refractivity contribution in [3.8, 4) is 0 Å². The number of anilines is 1. The maximum absolute atomic E-state index is 12.3. The highest BCUT2D eigenvalue weighted by molar-refractivity contribution is 5.95. The van der Waals surface area contributed by atoms with Crippen LogP contribution >= 0.6 is 0 Å². The van der Waals surface area contributed by atoms with Crippen LogP contribution in [0.4, 0.5) is 5.69 Å².